The maximum Gasteiger partial charge on any atom is 0.252 e. The van der Waals surface area contributed by atoms with Gasteiger partial charge in [-0.25, -0.2) is 13.1 Å². The molecule has 6 nitrogen and oxygen atoms in total. The highest BCUT2D eigenvalue weighted by molar-refractivity contribution is 7.89. The van der Waals surface area contributed by atoms with E-state index < -0.39 is 16.1 Å². The number of rotatable bonds is 8. The van der Waals surface area contributed by atoms with Gasteiger partial charge in [-0.05, 0) is 42.0 Å². The molecule has 1 aromatic heterocycles. The Balaban J connectivity index is 1.61. The number of hydrogen-bond acceptors (Lipinski definition) is 4. The van der Waals surface area contributed by atoms with E-state index in [1.54, 1.807) is 0 Å². The van der Waals surface area contributed by atoms with Gasteiger partial charge in [0.2, 0.25) is 10.0 Å². The van der Waals surface area contributed by atoms with E-state index in [0.29, 0.717) is 11.3 Å². The van der Waals surface area contributed by atoms with Gasteiger partial charge in [-0.15, -0.1) is 6.58 Å². The number of nitrogens with one attached hydrogen (secondary N) is 2. The molecule has 0 aliphatic rings. The molecule has 0 saturated heterocycles. The number of carbonyl (C=O) groups is 1. The quantitative estimate of drug-likeness (QED) is 0.392. The fraction of sp³-hybridized carbons (Fsp3) is 0.0800. The lowest BCUT2D eigenvalue weighted by molar-refractivity contribution is 0.0939. The van der Waals surface area contributed by atoms with Crippen LogP contribution in [-0.2, 0) is 10.0 Å². The van der Waals surface area contributed by atoms with Crippen LogP contribution in [0.1, 0.15) is 27.7 Å². The minimum Gasteiger partial charge on any atom is -0.459 e. The second kappa shape index (κ2) is 9.21. The highest BCUT2D eigenvalue weighted by atomic mass is 32.2. The first-order valence-electron chi connectivity index (χ1n) is 10.0. The van der Waals surface area contributed by atoms with Crippen molar-refractivity contribution >= 4 is 26.9 Å². The Hall–Kier alpha value is -3.68. The molecule has 1 heterocycles. The second-order valence-corrected chi connectivity index (χ2v) is 8.94. The molecule has 0 aliphatic heterocycles. The average molecular weight is 447 g/mol. The third-order valence-electron chi connectivity index (χ3n) is 4.98. The maximum absolute atomic E-state index is 13.0. The minimum atomic E-state index is -3.66. The molecule has 0 fully saturated rings. The zero-order valence-electron chi connectivity index (χ0n) is 17.2. The van der Waals surface area contributed by atoms with Crippen LogP contribution in [0, 0.1) is 0 Å². The fourth-order valence-corrected chi connectivity index (χ4v) is 4.36. The molecular formula is C25H22N2O4S. The number of furan rings is 1. The van der Waals surface area contributed by atoms with Crippen LogP contribution in [-0.4, -0.2) is 20.9 Å². The van der Waals surface area contributed by atoms with Crippen molar-refractivity contribution in [2.24, 2.45) is 0 Å². The Kier molecular flexibility index (Phi) is 6.20. The van der Waals surface area contributed by atoms with Gasteiger partial charge in [0.15, 0.2) is 0 Å². The Morgan fingerprint density at radius 3 is 2.34 bits per heavy atom. The Morgan fingerprint density at radius 1 is 0.969 bits per heavy atom. The summed E-state index contributed by atoms with van der Waals surface area (Å²) >= 11 is 0. The summed E-state index contributed by atoms with van der Waals surface area (Å²) in [4.78, 5) is 13.1. The van der Waals surface area contributed by atoms with Crippen molar-refractivity contribution < 1.29 is 17.6 Å². The molecule has 2 N–H and O–H groups in total. The predicted octanol–water partition coefficient (Wildman–Crippen LogP) is 4.42. The van der Waals surface area contributed by atoms with Crippen LogP contribution < -0.4 is 10.0 Å². The van der Waals surface area contributed by atoms with E-state index in [1.165, 1.54) is 30.3 Å². The molecule has 0 saturated carbocycles. The van der Waals surface area contributed by atoms with Crippen LogP contribution in [0.15, 0.2) is 107 Å². The number of carbonyl (C=O) groups excluding carboxylic acids is 1. The highest BCUT2D eigenvalue weighted by Crippen LogP contribution is 2.28. The first kappa shape index (κ1) is 21.5. The maximum atomic E-state index is 13.0. The van der Waals surface area contributed by atoms with E-state index in [9.17, 15) is 13.2 Å². The van der Waals surface area contributed by atoms with Gasteiger partial charge in [0, 0.05) is 17.5 Å². The summed E-state index contributed by atoms with van der Waals surface area (Å²) < 4.78 is 32.9. The van der Waals surface area contributed by atoms with Crippen LogP contribution in [0.4, 0.5) is 0 Å². The highest BCUT2D eigenvalue weighted by Gasteiger charge is 2.22. The number of amides is 1. The molecule has 4 rings (SSSR count). The van der Waals surface area contributed by atoms with Crippen molar-refractivity contribution in [2.45, 2.75) is 10.9 Å². The number of sulfonamides is 1. The molecule has 1 atom stereocenters. The topological polar surface area (TPSA) is 88.4 Å². The van der Waals surface area contributed by atoms with E-state index in [4.69, 9.17) is 4.42 Å². The zero-order valence-corrected chi connectivity index (χ0v) is 18.0. The molecule has 162 valence electrons. The standard InChI is InChI=1S/C25H22N2O4S/c1-2-16-26-32(29,30)21-14-12-19(13-15-21)25(28)27-24(18-8-4-3-5-9-18)23-17-20-10-6-7-11-22(20)31-23/h2-15,17,24,26H,1,16H2,(H,27,28). The van der Waals surface area contributed by atoms with E-state index in [-0.39, 0.29) is 17.3 Å². The van der Waals surface area contributed by atoms with Gasteiger partial charge in [-0.1, -0.05) is 54.6 Å². The predicted molar refractivity (Wildman–Crippen MR) is 124 cm³/mol. The SMILES string of the molecule is C=CCNS(=O)(=O)c1ccc(C(=O)NC(c2ccccc2)c2cc3ccccc3o2)cc1. The molecule has 0 radical (unpaired) electrons. The lowest BCUT2D eigenvalue weighted by Crippen LogP contribution is -2.29. The first-order chi connectivity index (χ1) is 15.5. The van der Waals surface area contributed by atoms with Gasteiger partial charge in [-0.3, -0.25) is 4.79 Å². The number of para-hydroxylation sites is 1. The molecule has 1 amide bonds. The van der Waals surface area contributed by atoms with Gasteiger partial charge >= 0.3 is 0 Å². The van der Waals surface area contributed by atoms with Gasteiger partial charge in [0.25, 0.3) is 5.91 Å². The van der Waals surface area contributed by atoms with Crippen LogP contribution >= 0.6 is 0 Å². The Labute approximate surface area is 186 Å². The van der Waals surface area contributed by atoms with Crippen molar-refractivity contribution in [3.05, 3.63) is 114 Å². The lowest BCUT2D eigenvalue weighted by atomic mass is 10.0. The Morgan fingerprint density at radius 2 is 1.66 bits per heavy atom. The van der Waals surface area contributed by atoms with E-state index in [2.05, 4.69) is 16.6 Å². The monoisotopic (exact) mass is 446 g/mol. The minimum absolute atomic E-state index is 0.0767. The van der Waals surface area contributed by atoms with Crippen LogP contribution in [0.2, 0.25) is 0 Å². The second-order valence-electron chi connectivity index (χ2n) is 7.17. The van der Waals surface area contributed by atoms with Crippen LogP contribution in [0.3, 0.4) is 0 Å². The summed E-state index contributed by atoms with van der Waals surface area (Å²) in [5.74, 6) is 0.265. The normalized spacial score (nSPS) is 12.4. The zero-order chi connectivity index (χ0) is 22.6. The summed E-state index contributed by atoms with van der Waals surface area (Å²) in [6, 6.07) is 24.4. The third kappa shape index (κ3) is 4.64. The van der Waals surface area contributed by atoms with Crippen LogP contribution in [0.25, 0.3) is 11.0 Å². The van der Waals surface area contributed by atoms with Crippen molar-refractivity contribution in [3.63, 3.8) is 0 Å². The fourth-order valence-electron chi connectivity index (χ4n) is 3.36. The summed E-state index contributed by atoms with van der Waals surface area (Å²) in [6.45, 7) is 3.62. The molecule has 1 unspecified atom stereocenters. The summed E-state index contributed by atoms with van der Waals surface area (Å²) in [5.41, 5.74) is 1.94. The molecule has 4 aromatic rings. The van der Waals surface area contributed by atoms with E-state index >= 15 is 0 Å². The summed E-state index contributed by atoms with van der Waals surface area (Å²) in [6.07, 6.45) is 1.46. The number of hydrogen-bond donors (Lipinski definition) is 2. The van der Waals surface area contributed by atoms with Crippen molar-refractivity contribution in [2.75, 3.05) is 6.54 Å². The molecule has 32 heavy (non-hydrogen) atoms. The summed E-state index contributed by atoms with van der Waals surface area (Å²) in [7, 11) is -3.66. The number of benzene rings is 3. The average Bonchev–Trinajstić information content (AvgIpc) is 3.25. The van der Waals surface area contributed by atoms with Gasteiger partial charge in [-0.2, -0.15) is 0 Å². The van der Waals surface area contributed by atoms with E-state index in [0.717, 1.165) is 16.5 Å². The van der Waals surface area contributed by atoms with Crippen molar-refractivity contribution in [1.82, 2.24) is 10.0 Å². The molecular weight excluding hydrogens is 424 g/mol. The van der Waals surface area contributed by atoms with Gasteiger partial charge in [0.05, 0.1) is 4.90 Å². The molecule has 0 spiro atoms. The smallest absolute Gasteiger partial charge is 0.252 e. The van der Waals surface area contributed by atoms with Crippen molar-refractivity contribution in [3.8, 4) is 0 Å². The molecule has 7 heteroatoms. The van der Waals surface area contributed by atoms with Crippen LogP contribution in [0.5, 0.6) is 0 Å². The molecule has 0 aliphatic carbocycles. The number of fused-ring (bicyclic) bond motifs is 1. The Bertz CT molecular complexity index is 1310. The lowest BCUT2D eigenvalue weighted by Gasteiger charge is -2.17. The van der Waals surface area contributed by atoms with Gasteiger partial charge < -0.3 is 9.73 Å². The third-order valence-corrected chi connectivity index (χ3v) is 6.42. The molecule has 0 bridgehead atoms. The molecule has 3 aromatic carbocycles. The first-order valence-corrected chi connectivity index (χ1v) is 11.5. The van der Waals surface area contributed by atoms with Gasteiger partial charge in [0.1, 0.15) is 17.4 Å². The largest absolute Gasteiger partial charge is 0.459 e. The van der Waals surface area contributed by atoms with E-state index in [1.807, 2.05) is 60.7 Å². The summed E-state index contributed by atoms with van der Waals surface area (Å²) in [5, 5.41) is 3.95. The van der Waals surface area contributed by atoms with Crippen molar-refractivity contribution in [1.29, 1.82) is 0 Å².